The topological polar surface area (TPSA) is 79.5 Å². The maximum absolute atomic E-state index is 12.4. The van der Waals surface area contributed by atoms with Crippen LogP contribution in [0.2, 0.25) is 5.02 Å². The first kappa shape index (κ1) is 20.2. The smallest absolute Gasteiger partial charge is 0.323 e. The highest BCUT2D eigenvalue weighted by molar-refractivity contribution is 6.30. The lowest BCUT2D eigenvalue weighted by Crippen LogP contribution is -2.30. The number of urea groups is 1. The molecule has 1 atom stereocenters. The lowest BCUT2D eigenvalue weighted by atomic mass is 10.2. The van der Waals surface area contributed by atoms with E-state index in [1.54, 1.807) is 67.6 Å². The Kier molecular flexibility index (Phi) is 6.71. The van der Waals surface area contributed by atoms with Crippen molar-refractivity contribution in [3.8, 4) is 5.75 Å². The number of carbonyl (C=O) groups is 2. The number of ether oxygens (including phenoxy) is 1. The van der Waals surface area contributed by atoms with Crippen molar-refractivity contribution >= 4 is 40.6 Å². The Hall–Kier alpha value is -3.51. The first-order valence-corrected chi connectivity index (χ1v) is 9.33. The standard InChI is InChI=1S/C22H20ClN3O3/c1-15(29-20-12-5-7-16(23)13-20)21(27)24-18-10-6-11-19(14-18)26-22(28)25-17-8-3-2-4-9-17/h2-15H,1H3,(H,24,27)(H2,25,26,28). The van der Waals surface area contributed by atoms with E-state index in [0.717, 1.165) is 0 Å². The Morgan fingerprint density at radius 3 is 2.14 bits per heavy atom. The Morgan fingerprint density at radius 1 is 0.793 bits per heavy atom. The van der Waals surface area contributed by atoms with Crippen molar-refractivity contribution in [2.75, 3.05) is 16.0 Å². The van der Waals surface area contributed by atoms with E-state index in [-0.39, 0.29) is 11.9 Å². The third-order valence-corrected chi connectivity index (χ3v) is 4.13. The summed E-state index contributed by atoms with van der Waals surface area (Å²) >= 11 is 5.93. The molecule has 7 heteroatoms. The van der Waals surface area contributed by atoms with Gasteiger partial charge in [0.1, 0.15) is 5.75 Å². The van der Waals surface area contributed by atoms with Crippen LogP contribution in [0, 0.1) is 0 Å². The fourth-order valence-electron chi connectivity index (χ4n) is 2.53. The minimum atomic E-state index is -0.730. The van der Waals surface area contributed by atoms with Crippen LogP contribution in [0.4, 0.5) is 21.9 Å². The van der Waals surface area contributed by atoms with Gasteiger partial charge in [-0.1, -0.05) is 41.9 Å². The van der Waals surface area contributed by atoms with Gasteiger partial charge in [0.25, 0.3) is 5.91 Å². The predicted octanol–water partition coefficient (Wildman–Crippen LogP) is 5.39. The maximum atomic E-state index is 12.4. The predicted molar refractivity (Wildman–Crippen MR) is 116 cm³/mol. The number of para-hydroxylation sites is 1. The van der Waals surface area contributed by atoms with Crippen LogP contribution >= 0.6 is 11.6 Å². The second kappa shape index (κ2) is 9.61. The molecule has 0 aliphatic heterocycles. The summed E-state index contributed by atoms with van der Waals surface area (Å²) < 4.78 is 5.61. The van der Waals surface area contributed by atoms with Crippen molar-refractivity contribution in [3.05, 3.63) is 83.9 Å². The van der Waals surface area contributed by atoms with Crippen LogP contribution in [0.5, 0.6) is 5.75 Å². The summed E-state index contributed by atoms with van der Waals surface area (Å²) in [5.74, 6) is 0.184. The van der Waals surface area contributed by atoms with Crippen molar-refractivity contribution in [1.82, 2.24) is 0 Å². The fraction of sp³-hybridized carbons (Fsp3) is 0.0909. The van der Waals surface area contributed by atoms with E-state index in [4.69, 9.17) is 16.3 Å². The summed E-state index contributed by atoms with van der Waals surface area (Å²) in [5, 5.41) is 8.77. The van der Waals surface area contributed by atoms with Gasteiger partial charge in [-0.3, -0.25) is 4.79 Å². The zero-order valence-electron chi connectivity index (χ0n) is 15.7. The van der Waals surface area contributed by atoms with Gasteiger partial charge >= 0.3 is 6.03 Å². The first-order valence-electron chi connectivity index (χ1n) is 8.96. The zero-order chi connectivity index (χ0) is 20.6. The summed E-state index contributed by atoms with van der Waals surface area (Å²) in [7, 11) is 0. The highest BCUT2D eigenvalue weighted by Crippen LogP contribution is 2.20. The third-order valence-electron chi connectivity index (χ3n) is 3.90. The molecule has 0 fully saturated rings. The van der Waals surface area contributed by atoms with E-state index in [1.165, 1.54) is 0 Å². The molecule has 1 unspecified atom stereocenters. The average molecular weight is 410 g/mol. The molecule has 3 aromatic carbocycles. The molecule has 3 rings (SSSR count). The van der Waals surface area contributed by atoms with E-state index in [2.05, 4.69) is 16.0 Å². The number of hydrogen-bond donors (Lipinski definition) is 3. The maximum Gasteiger partial charge on any atom is 0.323 e. The Labute approximate surface area is 173 Å². The van der Waals surface area contributed by atoms with Gasteiger partial charge in [-0.05, 0) is 55.5 Å². The van der Waals surface area contributed by atoms with Gasteiger partial charge in [-0.15, -0.1) is 0 Å². The molecule has 3 N–H and O–H groups in total. The molecule has 0 spiro atoms. The molecular formula is C22H20ClN3O3. The second-order valence-corrected chi connectivity index (χ2v) is 6.67. The number of hydrogen-bond acceptors (Lipinski definition) is 3. The molecular weight excluding hydrogens is 390 g/mol. The first-order chi connectivity index (χ1) is 14.0. The number of halogens is 1. The third kappa shape index (κ3) is 6.26. The molecule has 3 aromatic rings. The van der Waals surface area contributed by atoms with E-state index in [1.807, 2.05) is 18.2 Å². The molecule has 0 saturated heterocycles. The molecule has 0 saturated carbocycles. The Bertz CT molecular complexity index is 995. The van der Waals surface area contributed by atoms with Gasteiger partial charge < -0.3 is 20.7 Å². The molecule has 6 nitrogen and oxygen atoms in total. The van der Waals surface area contributed by atoms with Crippen LogP contribution in [0.3, 0.4) is 0 Å². The Morgan fingerprint density at radius 2 is 1.41 bits per heavy atom. The van der Waals surface area contributed by atoms with Crippen LogP contribution in [-0.4, -0.2) is 18.0 Å². The number of carbonyl (C=O) groups excluding carboxylic acids is 2. The fourth-order valence-corrected chi connectivity index (χ4v) is 2.71. The van der Waals surface area contributed by atoms with Crippen LogP contribution in [0.15, 0.2) is 78.9 Å². The van der Waals surface area contributed by atoms with Gasteiger partial charge in [-0.2, -0.15) is 0 Å². The second-order valence-electron chi connectivity index (χ2n) is 6.23. The van der Waals surface area contributed by atoms with Gasteiger partial charge in [0.2, 0.25) is 0 Å². The van der Waals surface area contributed by atoms with Gasteiger partial charge in [0.05, 0.1) is 0 Å². The lowest BCUT2D eigenvalue weighted by Gasteiger charge is -2.15. The van der Waals surface area contributed by atoms with E-state index in [9.17, 15) is 9.59 Å². The van der Waals surface area contributed by atoms with Crippen LogP contribution in [-0.2, 0) is 4.79 Å². The molecule has 3 amide bonds. The minimum Gasteiger partial charge on any atom is -0.481 e. The van der Waals surface area contributed by atoms with Crippen LogP contribution in [0.25, 0.3) is 0 Å². The van der Waals surface area contributed by atoms with Crippen molar-refractivity contribution in [2.24, 2.45) is 0 Å². The zero-order valence-corrected chi connectivity index (χ0v) is 16.4. The number of nitrogens with one attached hydrogen (secondary N) is 3. The summed E-state index contributed by atoms with van der Waals surface area (Å²) in [4.78, 5) is 24.5. The average Bonchev–Trinajstić information content (AvgIpc) is 2.69. The quantitative estimate of drug-likeness (QED) is 0.510. The van der Waals surface area contributed by atoms with E-state index >= 15 is 0 Å². The molecule has 0 heterocycles. The van der Waals surface area contributed by atoms with Crippen LogP contribution in [0.1, 0.15) is 6.92 Å². The Balaban J connectivity index is 1.57. The summed E-state index contributed by atoms with van der Waals surface area (Å²) in [6, 6.07) is 22.4. The summed E-state index contributed by atoms with van der Waals surface area (Å²) in [5.41, 5.74) is 1.76. The summed E-state index contributed by atoms with van der Waals surface area (Å²) in [6.07, 6.45) is -0.730. The largest absolute Gasteiger partial charge is 0.481 e. The lowest BCUT2D eigenvalue weighted by molar-refractivity contribution is -0.122. The number of benzene rings is 3. The molecule has 0 bridgehead atoms. The van der Waals surface area contributed by atoms with Crippen molar-refractivity contribution in [1.29, 1.82) is 0 Å². The monoisotopic (exact) mass is 409 g/mol. The molecule has 0 radical (unpaired) electrons. The van der Waals surface area contributed by atoms with Gasteiger partial charge in [-0.25, -0.2) is 4.79 Å². The van der Waals surface area contributed by atoms with Crippen molar-refractivity contribution in [2.45, 2.75) is 13.0 Å². The van der Waals surface area contributed by atoms with Crippen LogP contribution < -0.4 is 20.7 Å². The normalized spacial score (nSPS) is 11.2. The number of amides is 3. The molecule has 29 heavy (non-hydrogen) atoms. The molecule has 0 aromatic heterocycles. The number of anilines is 3. The van der Waals surface area contributed by atoms with E-state index < -0.39 is 6.10 Å². The molecule has 148 valence electrons. The highest BCUT2D eigenvalue weighted by Gasteiger charge is 2.15. The molecule has 0 aliphatic carbocycles. The highest BCUT2D eigenvalue weighted by atomic mass is 35.5. The van der Waals surface area contributed by atoms with Crippen molar-refractivity contribution < 1.29 is 14.3 Å². The van der Waals surface area contributed by atoms with Gasteiger partial charge in [0.15, 0.2) is 6.10 Å². The summed E-state index contributed by atoms with van der Waals surface area (Å²) in [6.45, 7) is 1.64. The number of rotatable bonds is 6. The van der Waals surface area contributed by atoms with Crippen molar-refractivity contribution in [3.63, 3.8) is 0 Å². The molecule has 0 aliphatic rings. The van der Waals surface area contributed by atoms with Gasteiger partial charge in [0, 0.05) is 22.1 Å². The SMILES string of the molecule is CC(Oc1cccc(Cl)c1)C(=O)Nc1cccc(NC(=O)Nc2ccccc2)c1. The minimum absolute atomic E-state index is 0.323. The van der Waals surface area contributed by atoms with E-state index in [0.29, 0.717) is 27.8 Å².